The highest BCUT2D eigenvalue weighted by atomic mass is 19.4. The van der Waals surface area contributed by atoms with Gasteiger partial charge in [-0.05, 0) is 37.2 Å². The molecule has 0 saturated heterocycles. The van der Waals surface area contributed by atoms with Gasteiger partial charge in [0.2, 0.25) is 5.91 Å². The van der Waals surface area contributed by atoms with Crippen molar-refractivity contribution in [2.75, 3.05) is 26.2 Å². The summed E-state index contributed by atoms with van der Waals surface area (Å²) >= 11 is 0. The zero-order chi connectivity index (χ0) is 17.6. The third-order valence-electron chi connectivity index (χ3n) is 3.55. The van der Waals surface area contributed by atoms with E-state index in [1.54, 1.807) is 0 Å². The summed E-state index contributed by atoms with van der Waals surface area (Å²) in [4.78, 5) is 23.5. The van der Waals surface area contributed by atoms with Gasteiger partial charge in [0.25, 0.3) is 5.91 Å². The summed E-state index contributed by atoms with van der Waals surface area (Å²) in [6, 6.07) is 3.82. The lowest BCUT2D eigenvalue weighted by Gasteiger charge is -2.14. The number of rotatable bonds is 5. The van der Waals surface area contributed by atoms with Crippen LogP contribution < -0.4 is 16.0 Å². The lowest BCUT2D eigenvalue weighted by Crippen LogP contribution is -2.38. The Kier molecular flexibility index (Phi) is 5.97. The van der Waals surface area contributed by atoms with Crippen LogP contribution in [-0.2, 0) is 11.0 Å². The smallest absolute Gasteiger partial charge is 0.351 e. The minimum atomic E-state index is -4.45. The van der Waals surface area contributed by atoms with Gasteiger partial charge in [-0.15, -0.1) is 0 Å². The fourth-order valence-corrected chi connectivity index (χ4v) is 2.18. The van der Waals surface area contributed by atoms with Crippen molar-refractivity contribution in [3.63, 3.8) is 0 Å². The normalized spacial score (nSPS) is 14.7. The molecule has 0 bridgehead atoms. The van der Waals surface area contributed by atoms with Crippen LogP contribution in [0, 0.1) is 0 Å². The molecule has 1 heterocycles. The first-order chi connectivity index (χ1) is 11.4. The second-order valence-electron chi connectivity index (χ2n) is 5.35. The highest BCUT2D eigenvalue weighted by Gasteiger charge is 2.30. The van der Waals surface area contributed by atoms with Crippen molar-refractivity contribution in [3.05, 3.63) is 47.0 Å². The van der Waals surface area contributed by atoms with Crippen molar-refractivity contribution < 1.29 is 22.8 Å². The van der Waals surface area contributed by atoms with Crippen molar-refractivity contribution in [2.45, 2.75) is 12.6 Å². The molecular weight excluding hydrogens is 323 g/mol. The Morgan fingerprint density at radius 2 is 1.83 bits per heavy atom. The maximum Gasteiger partial charge on any atom is 0.416 e. The first-order valence-corrected chi connectivity index (χ1v) is 7.47. The van der Waals surface area contributed by atoms with E-state index in [2.05, 4.69) is 16.0 Å². The number of carbonyl (C=O) groups is 2. The summed E-state index contributed by atoms with van der Waals surface area (Å²) in [7, 11) is 0. The Labute approximate surface area is 137 Å². The van der Waals surface area contributed by atoms with Crippen molar-refractivity contribution >= 4 is 11.8 Å². The second kappa shape index (κ2) is 7.96. The van der Waals surface area contributed by atoms with Gasteiger partial charge in [0.1, 0.15) is 0 Å². The maximum absolute atomic E-state index is 12.5. The summed E-state index contributed by atoms with van der Waals surface area (Å²) in [5, 5.41) is 8.23. The van der Waals surface area contributed by atoms with Crippen LogP contribution in [0.2, 0.25) is 0 Å². The molecule has 24 heavy (non-hydrogen) atoms. The summed E-state index contributed by atoms with van der Waals surface area (Å²) in [5.74, 6) is -0.949. The van der Waals surface area contributed by atoms with Crippen LogP contribution >= 0.6 is 0 Å². The fourth-order valence-electron chi connectivity index (χ4n) is 2.18. The molecule has 1 aromatic carbocycles. The van der Waals surface area contributed by atoms with E-state index in [9.17, 15) is 22.8 Å². The van der Waals surface area contributed by atoms with Gasteiger partial charge >= 0.3 is 6.18 Å². The predicted molar refractivity (Wildman–Crippen MR) is 82.4 cm³/mol. The van der Waals surface area contributed by atoms with Crippen molar-refractivity contribution in [2.24, 2.45) is 0 Å². The zero-order valence-corrected chi connectivity index (χ0v) is 12.9. The maximum atomic E-state index is 12.5. The van der Waals surface area contributed by atoms with Crippen LogP contribution in [0.15, 0.2) is 35.9 Å². The van der Waals surface area contributed by atoms with Gasteiger partial charge in [-0.25, -0.2) is 0 Å². The van der Waals surface area contributed by atoms with Crippen molar-refractivity contribution in [1.82, 2.24) is 16.0 Å². The summed E-state index contributed by atoms with van der Waals surface area (Å²) < 4.78 is 37.4. The predicted octanol–water partition coefficient (Wildman–Crippen LogP) is 1.47. The number of halogens is 3. The largest absolute Gasteiger partial charge is 0.416 e. The molecule has 5 nitrogen and oxygen atoms in total. The van der Waals surface area contributed by atoms with Crippen molar-refractivity contribution in [1.29, 1.82) is 0 Å². The lowest BCUT2D eigenvalue weighted by molar-refractivity contribution is -0.137. The second-order valence-corrected chi connectivity index (χ2v) is 5.35. The molecule has 0 radical (unpaired) electrons. The number of nitrogens with one attached hydrogen (secondary N) is 3. The van der Waals surface area contributed by atoms with E-state index < -0.39 is 17.6 Å². The summed E-state index contributed by atoms with van der Waals surface area (Å²) in [6.07, 6.45) is -1.58. The monoisotopic (exact) mass is 341 g/mol. The van der Waals surface area contributed by atoms with Crippen LogP contribution in [0.1, 0.15) is 22.3 Å². The summed E-state index contributed by atoms with van der Waals surface area (Å²) in [6.45, 7) is 1.84. The van der Waals surface area contributed by atoms with Crippen LogP contribution in [0.4, 0.5) is 13.2 Å². The third kappa shape index (κ3) is 5.38. The Morgan fingerprint density at radius 3 is 2.42 bits per heavy atom. The fraction of sp³-hybridized carbons (Fsp3) is 0.375. The van der Waals surface area contributed by atoms with Crippen molar-refractivity contribution in [3.8, 4) is 0 Å². The van der Waals surface area contributed by atoms with Crippen LogP contribution in [0.25, 0.3) is 0 Å². The standard InChI is InChI=1S/C16H18F3N3O2/c17-16(18,19)13-3-1-12(2-4-13)15(24)22-10-14(23)21-9-11-5-7-20-8-6-11/h1-5,20H,6-10H2,(H,21,23)(H,22,24). The van der Waals surface area contributed by atoms with E-state index in [4.69, 9.17) is 0 Å². The van der Waals surface area contributed by atoms with Gasteiger partial charge in [0.05, 0.1) is 12.1 Å². The zero-order valence-electron chi connectivity index (χ0n) is 12.9. The van der Waals surface area contributed by atoms with Gasteiger partial charge in [0, 0.05) is 18.7 Å². The highest BCUT2D eigenvalue weighted by Crippen LogP contribution is 2.28. The van der Waals surface area contributed by atoms with E-state index >= 15 is 0 Å². The van der Waals surface area contributed by atoms with Gasteiger partial charge in [-0.1, -0.05) is 11.6 Å². The van der Waals surface area contributed by atoms with Gasteiger partial charge in [0.15, 0.2) is 0 Å². The molecule has 1 aromatic rings. The molecule has 0 spiro atoms. The molecule has 3 N–H and O–H groups in total. The Bertz CT molecular complexity index is 624. The molecule has 2 amide bonds. The number of hydrogen-bond donors (Lipinski definition) is 3. The topological polar surface area (TPSA) is 70.2 Å². The van der Waals surface area contributed by atoms with Gasteiger partial charge in [-0.2, -0.15) is 13.2 Å². The number of carbonyl (C=O) groups excluding carboxylic acids is 2. The number of hydrogen-bond acceptors (Lipinski definition) is 3. The third-order valence-corrected chi connectivity index (χ3v) is 3.55. The van der Waals surface area contributed by atoms with E-state index in [-0.39, 0.29) is 18.0 Å². The average molecular weight is 341 g/mol. The SMILES string of the molecule is O=C(CNC(=O)c1ccc(C(F)(F)F)cc1)NCC1=CCNCC1. The van der Waals surface area contributed by atoms with E-state index in [0.717, 1.165) is 49.3 Å². The number of amides is 2. The van der Waals surface area contributed by atoms with Gasteiger partial charge < -0.3 is 16.0 Å². The minimum absolute atomic E-state index is 0.0665. The molecule has 0 fully saturated rings. The molecule has 0 saturated carbocycles. The molecule has 0 atom stereocenters. The van der Waals surface area contributed by atoms with Gasteiger partial charge in [-0.3, -0.25) is 9.59 Å². The quantitative estimate of drug-likeness (QED) is 0.711. The van der Waals surface area contributed by atoms with Crippen LogP contribution in [0.5, 0.6) is 0 Å². The number of alkyl halides is 3. The lowest BCUT2D eigenvalue weighted by atomic mass is 10.1. The highest BCUT2D eigenvalue weighted by molar-refractivity contribution is 5.96. The van der Waals surface area contributed by atoms with E-state index in [1.807, 2.05) is 6.08 Å². The average Bonchev–Trinajstić information content (AvgIpc) is 2.58. The van der Waals surface area contributed by atoms with E-state index in [0.29, 0.717) is 6.54 Å². The Hall–Kier alpha value is -2.35. The molecule has 1 aliphatic rings. The first-order valence-electron chi connectivity index (χ1n) is 7.47. The van der Waals surface area contributed by atoms with Crippen LogP contribution in [0.3, 0.4) is 0 Å². The Morgan fingerprint density at radius 1 is 1.12 bits per heavy atom. The molecule has 0 unspecified atom stereocenters. The summed E-state index contributed by atoms with van der Waals surface area (Å²) in [5.41, 5.74) is 0.361. The first kappa shape index (κ1) is 18.0. The Balaban J connectivity index is 1.77. The van der Waals surface area contributed by atoms with Crippen LogP contribution in [-0.4, -0.2) is 38.0 Å². The molecule has 0 aliphatic carbocycles. The van der Waals surface area contributed by atoms with E-state index in [1.165, 1.54) is 0 Å². The molecule has 130 valence electrons. The minimum Gasteiger partial charge on any atom is -0.351 e. The molecule has 8 heteroatoms. The molecule has 2 rings (SSSR count). The molecule has 1 aliphatic heterocycles. The number of benzene rings is 1. The molecule has 0 aromatic heterocycles. The molecular formula is C16H18F3N3O2.